The van der Waals surface area contributed by atoms with E-state index in [1.807, 2.05) is 30.3 Å². The number of nitriles is 1. The van der Waals surface area contributed by atoms with E-state index in [1.165, 1.54) is 0 Å². The van der Waals surface area contributed by atoms with Crippen molar-refractivity contribution >= 4 is 29.0 Å². The molecule has 0 atom stereocenters. The summed E-state index contributed by atoms with van der Waals surface area (Å²) in [6.45, 7) is 0.544. The Morgan fingerprint density at radius 1 is 1.28 bits per heavy atom. The third-order valence-electron chi connectivity index (χ3n) is 2.36. The van der Waals surface area contributed by atoms with Crippen LogP contribution in [0, 0.1) is 11.3 Å². The minimum absolute atomic E-state index is 0.335. The monoisotopic (exact) mass is 277 g/mol. The zero-order valence-electron chi connectivity index (χ0n) is 9.32. The van der Waals surface area contributed by atoms with Crippen LogP contribution >= 0.6 is 23.2 Å². The molecule has 2 aromatic rings. The van der Waals surface area contributed by atoms with Gasteiger partial charge in [-0.25, -0.2) is 4.98 Å². The molecule has 0 radical (unpaired) electrons. The molecule has 1 heterocycles. The smallest absolute Gasteiger partial charge is 0.146 e. The van der Waals surface area contributed by atoms with E-state index in [4.69, 9.17) is 28.5 Å². The number of pyridine rings is 1. The van der Waals surface area contributed by atoms with Crippen LogP contribution in [0.2, 0.25) is 10.0 Å². The van der Waals surface area contributed by atoms with Gasteiger partial charge in [0.15, 0.2) is 0 Å². The second-order valence-electron chi connectivity index (χ2n) is 3.62. The molecule has 1 aromatic heterocycles. The van der Waals surface area contributed by atoms with E-state index in [9.17, 15) is 0 Å². The van der Waals surface area contributed by atoms with Crippen LogP contribution in [0.1, 0.15) is 11.1 Å². The highest BCUT2D eigenvalue weighted by Gasteiger charge is 2.06. The summed E-state index contributed by atoms with van der Waals surface area (Å²) in [5.74, 6) is 0.496. The Bertz CT molecular complexity index is 605. The highest BCUT2D eigenvalue weighted by molar-refractivity contribution is 6.34. The van der Waals surface area contributed by atoms with Crippen molar-refractivity contribution in [1.29, 1.82) is 5.26 Å². The maximum atomic E-state index is 8.86. The highest BCUT2D eigenvalue weighted by Crippen LogP contribution is 2.23. The predicted octanol–water partition coefficient (Wildman–Crippen LogP) is 3.87. The van der Waals surface area contributed by atoms with E-state index in [-0.39, 0.29) is 0 Å². The van der Waals surface area contributed by atoms with Crippen LogP contribution < -0.4 is 5.32 Å². The molecule has 0 amide bonds. The summed E-state index contributed by atoms with van der Waals surface area (Å²) in [7, 11) is 0. The van der Waals surface area contributed by atoms with Crippen molar-refractivity contribution in [1.82, 2.24) is 4.98 Å². The van der Waals surface area contributed by atoms with Crippen molar-refractivity contribution in [3.63, 3.8) is 0 Å². The van der Waals surface area contributed by atoms with Crippen LogP contribution in [-0.2, 0) is 6.54 Å². The van der Waals surface area contributed by atoms with Crippen LogP contribution in [0.15, 0.2) is 36.5 Å². The molecule has 3 nitrogen and oxygen atoms in total. The summed E-state index contributed by atoms with van der Waals surface area (Å²) in [6.07, 6.45) is 1.55. The van der Waals surface area contributed by atoms with Crippen LogP contribution in [0.5, 0.6) is 0 Å². The molecule has 0 aliphatic heterocycles. The van der Waals surface area contributed by atoms with Crippen molar-refractivity contribution in [3.8, 4) is 6.07 Å². The van der Waals surface area contributed by atoms with Crippen LogP contribution in [0.3, 0.4) is 0 Å². The number of hydrogen-bond acceptors (Lipinski definition) is 3. The van der Waals surface area contributed by atoms with Crippen molar-refractivity contribution in [2.75, 3.05) is 5.32 Å². The average Bonchev–Trinajstić information content (AvgIpc) is 2.38. The normalized spacial score (nSPS) is 9.83. The zero-order chi connectivity index (χ0) is 13.0. The lowest BCUT2D eigenvalue weighted by Gasteiger charge is -2.08. The first kappa shape index (κ1) is 12.7. The molecule has 0 bridgehead atoms. The second-order valence-corrected chi connectivity index (χ2v) is 4.43. The summed E-state index contributed by atoms with van der Waals surface area (Å²) in [4.78, 5) is 4.10. The maximum absolute atomic E-state index is 8.86. The maximum Gasteiger partial charge on any atom is 0.146 e. The third-order valence-corrected chi connectivity index (χ3v) is 2.98. The zero-order valence-corrected chi connectivity index (χ0v) is 10.8. The Balaban J connectivity index is 2.14. The molecule has 0 fully saturated rings. The minimum Gasteiger partial charge on any atom is -0.365 e. The molecular weight excluding hydrogens is 269 g/mol. The molecule has 0 aliphatic rings. The minimum atomic E-state index is 0.335. The Hall–Kier alpha value is -1.76. The van der Waals surface area contributed by atoms with E-state index in [1.54, 1.807) is 12.3 Å². The quantitative estimate of drug-likeness (QED) is 0.927. The van der Waals surface area contributed by atoms with Gasteiger partial charge in [0, 0.05) is 17.8 Å². The van der Waals surface area contributed by atoms with Gasteiger partial charge in [0.1, 0.15) is 16.9 Å². The number of aromatic nitrogens is 1. The van der Waals surface area contributed by atoms with Gasteiger partial charge in [-0.2, -0.15) is 5.26 Å². The molecule has 1 N–H and O–H groups in total. The fourth-order valence-corrected chi connectivity index (χ4v) is 1.92. The van der Waals surface area contributed by atoms with E-state index >= 15 is 0 Å². The molecule has 0 spiro atoms. The number of halogens is 2. The summed E-state index contributed by atoms with van der Waals surface area (Å²) in [5, 5.41) is 13.0. The molecule has 0 unspecified atom stereocenters. The van der Waals surface area contributed by atoms with Crippen LogP contribution in [-0.4, -0.2) is 4.98 Å². The van der Waals surface area contributed by atoms with Gasteiger partial charge >= 0.3 is 0 Å². The molecule has 90 valence electrons. The van der Waals surface area contributed by atoms with E-state index in [0.717, 1.165) is 5.56 Å². The van der Waals surface area contributed by atoms with Gasteiger partial charge in [-0.3, -0.25) is 0 Å². The largest absolute Gasteiger partial charge is 0.365 e. The number of benzene rings is 1. The van der Waals surface area contributed by atoms with Gasteiger partial charge in [0.05, 0.1) is 5.56 Å². The van der Waals surface area contributed by atoms with Gasteiger partial charge in [0.25, 0.3) is 0 Å². The number of rotatable bonds is 3. The fourth-order valence-electron chi connectivity index (χ4n) is 1.49. The summed E-state index contributed by atoms with van der Waals surface area (Å²) in [6, 6.07) is 11.1. The number of nitrogens with zero attached hydrogens (tertiary/aromatic N) is 2. The average molecular weight is 278 g/mol. The summed E-state index contributed by atoms with van der Waals surface area (Å²) in [5.41, 5.74) is 1.42. The van der Waals surface area contributed by atoms with E-state index in [0.29, 0.717) is 28.0 Å². The molecular formula is C13H9Cl2N3. The number of hydrogen-bond donors (Lipinski definition) is 1. The standard InChI is InChI=1S/C13H9Cl2N3/c14-11-3-1-2-9(6-11)8-18-13-12(15)10(7-16)4-5-17-13/h1-6H,8H2,(H,17,18). The van der Waals surface area contributed by atoms with Crippen molar-refractivity contribution in [3.05, 3.63) is 57.7 Å². The Morgan fingerprint density at radius 3 is 2.83 bits per heavy atom. The molecule has 1 aromatic carbocycles. The van der Waals surface area contributed by atoms with Crippen LogP contribution in [0.4, 0.5) is 5.82 Å². The molecule has 0 aliphatic carbocycles. The van der Waals surface area contributed by atoms with Crippen LogP contribution in [0.25, 0.3) is 0 Å². The number of nitrogens with one attached hydrogen (secondary N) is 1. The Kier molecular flexibility index (Phi) is 4.03. The molecule has 0 saturated carbocycles. The fraction of sp³-hybridized carbons (Fsp3) is 0.0769. The Morgan fingerprint density at radius 2 is 2.11 bits per heavy atom. The summed E-state index contributed by atoms with van der Waals surface area (Å²) < 4.78 is 0. The van der Waals surface area contributed by atoms with Crippen molar-refractivity contribution in [2.24, 2.45) is 0 Å². The molecule has 2 rings (SSSR count). The lowest BCUT2D eigenvalue weighted by molar-refractivity contribution is 1.11. The Labute approximate surface area is 115 Å². The lowest BCUT2D eigenvalue weighted by Crippen LogP contribution is -2.02. The first-order chi connectivity index (χ1) is 8.70. The molecule has 5 heteroatoms. The molecule has 0 saturated heterocycles. The first-order valence-corrected chi connectivity index (χ1v) is 5.99. The molecule has 18 heavy (non-hydrogen) atoms. The predicted molar refractivity (Wildman–Crippen MR) is 72.7 cm³/mol. The van der Waals surface area contributed by atoms with Gasteiger partial charge < -0.3 is 5.32 Å². The van der Waals surface area contributed by atoms with Gasteiger partial charge in [0.2, 0.25) is 0 Å². The van der Waals surface area contributed by atoms with E-state index < -0.39 is 0 Å². The highest BCUT2D eigenvalue weighted by atomic mass is 35.5. The number of anilines is 1. The van der Waals surface area contributed by atoms with Crippen molar-refractivity contribution < 1.29 is 0 Å². The SMILES string of the molecule is N#Cc1ccnc(NCc2cccc(Cl)c2)c1Cl. The lowest BCUT2D eigenvalue weighted by atomic mass is 10.2. The second kappa shape index (κ2) is 5.72. The van der Waals surface area contributed by atoms with Crippen molar-refractivity contribution in [2.45, 2.75) is 6.54 Å². The van der Waals surface area contributed by atoms with E-state index in [2.05, 4.69) is 10.3 Å². The van der Waals surface area contributed by atoms with Gasteiger partial charge in [-0.15, -0.1) is 0 Å². The van der Waals surface area contributed by atoms with Gasteiger partial charge in [-0.05, 0) is 23.8 Å². The van der Waals surface area contributed by atoms with Gasteiger partial charge in [-0.1, -0.05) is 35.3 Å². The first-order valence-electron chi connectivity index (χ1n) is 5.23. The summed E-state index contributed by atoms with van der Waals surface area (Å²) >= 11 is 11.9. The third kappa shape index (κ3) is 2.92. The topological polar surface area (TPSA) is 48.7 Å².